The second-order valence-corrected chi connectivity index (χ2v) is 5.00. The Bertz CT molecular complexity index is 516. The minimum Gasteiger partial charge on any atom is -0.468 e. The summed E-state index contributed by atoms with van der Waals surface area (Å²) in [6.45, 7) is 3.47. The first-order valence-electron chi connectivity index (χ1n) is 6.66. The Balaban J connectivity index is 2.27. The van der Waals surface area contributed by atoms with E-state index in [2.05, 4.69) is 22.9 Å². The molecule has 2 rings (SSSR count). The standard InChI is InChI=1S/C15H19N3O2/c1-17-6-8-18(9-7-17)14(15(19)20-2)13-5-3-4-12(10-13)11-16/h3-5,10,14H,6-9H2,1-2H3. The van der Waals surface area contributed by atoms with Crippen molar-refractivity contribution in [3.05, 3.63) is 35.4 Å². The van der Waals surface area contributed by atoms with Crippen LogP contribution in [0.25, 0.3) is 0 Å². The molecular formula is C15H19N3O2. The van der Waals surface area contributed by atoms with E-state index < -0.39 is 6.04 Å². The van der Waals surface area contributed by atoms with Crippen molar-refractivity contribution < 1.29 is 9.53 Å². The summed E-state index contributed by atoms with van der Waals surface area (Å²) in [5.41, 5.74) is 1.38. The highest BCUT2D eigenvalue weighted by Crippen LogP contribution is 2.24. The van der Waals surface area contributed by atoms with Crippen LogP contribution in [0.4, 0.5) is 0 Å². The third-order valence-corrected chi connectivity index (χ3v) is 3.66. The number of carbonyl (C=O) groups is 1. The molecule has 0 aromatic heterocycles. The van der Waals surface area contributed by atoms with E-state index in [9.17, 15) is 4.79 Å². The number of nitrogens with zero attached hydrogens (tertiary/aromatic N) is 3. The molecule has 1 aromatic rings. The van der Waals surface area contributed by atoms with Crippen molar-refractivity contribution in [3.63, 3.8) is 0 Å². The van der Waals surface area contributed by atoms with Gasteiger partial charge < -0.3 is 9.64 Å². The lowest BCUT2D eigenvalue weighted by Crippen LogP contribution is -2.48. The summed E-state index contributed by atoms with van der Waals surface area (Å²) in [5, 5.41) is 9.00. The van der Waals surface area contributed by atoms with Gasteiger partial charge in [-0.1, -0.05) is 12.1 Å². The van der Waals surface area contributed by atoms with Crippen molar-refractivity contribution in [1.29, 1.82) is 5.26 Å². The number of likely N-dealkylation sites (N-methyl/N-ethyl adjacent to an activating group) is 1. The van der Waals surface area contributed by atoms with Crippen LogP contribution >= 0.6 is 0 Å². The number of methoxy groups -OCH3 is 1. The van der Waals surface area contributed by atoms with Crippen molar-refractivity contribution in [2.45, 2.75) is 6.04 Å². The van der Waals surface area contributed by atoms with Gasteiger partial charge in [-0.05, 0) is 24.7 Å². The van der Waals surface area contributed by atoms with Gasteiger partial charge in [0.2, 0.25) is 0 Å². The van der Waals surface area contributed by atoms with Crippen LogP contribution in [0.2, 0.25) is 0 Å². The maximum atomic E-state index is 12.1. The van der Waals surface area contributed by atoms with E-state index in [1.54, 1.807) is 18.2 Å². The van der Waals surface area contributed by atoms with E-state index >= 15 is 0 Å². The number of benzene rings is 1. The number of ether oxygens (including phenoxy) is 1. The van der Waals surface area contributed by atoms with Gasteiger partial charge in [0.1, 0.15) is 6.04 Å². The molecule has 1 aliphatic heterocycles. The van der Waals surface area contributed by atoms with E-state index in [4.69, 9.17) is 10.00 Å². The summed E-state index contributed by atoms with van der Waals surface area (Å²) in [5.74, 6) is -0.273. The van der Waals surface area contributed by atoms with Crippen molar-refractivity contribution >= 4 is 5.97 Å². The molecule has 0 aliphatic carbocycles. The molecule has 1 saturated heterocycles. The lowest BCUT2D eigenvalue weighted by Gasteiger charge is -2.36. The van der Waals surface area contributed by atoms with Gasteiger partial charge in [0, 0.05) is 26.2 Å². The molecule has 0 radical (unpaired) electrons. The molecule has 1 unspecified atom stereocenters. The Morgan fingerprint density at radius 1 is 1.35 bits per heavy atom. The lowest BCUT2D eigenvalue weighted by molar-refractivity contribution is -0.148. The van der Waals surface area contributed by atoms with Crippen molar-refractivity contribution in [1.82, 2.24) is 9.80 Å². The van der Waals surface area contributed by atoms with E-state index in [1.807, 2.05) is 6.07 Å². The Morgan fingerprint density at radius 3 is 2.65 bits per heavy atom. The van der Waals surface area contributed by atoms with Gasteiger partial charge in [-0.3, -0.25) is 4.90 Å². The Kier molecular flexibility index (Phi) is 4.72. The van der Waals surface area contributed by atoms with Gasteiger partial charge in [-0.25, -0.2) is 4.79 Å². The van der Waals surface area contributed by atoms with Crippen molar-refractivity contribution in [2.24, 2.45) is 0 Å². The monoisotopic (exact) mass is 273 g/mol. The number of rotatable bonds is 3. The fraction of sp³-hybridized carbons (Fsp3) is 0.467. The van der Waals surface area contributed by atoms with Crippen LogP contribution in [0.3, 0.4) is 0 Å². The zero-order chi connectivity index (χ0) is 14.5. The Hall–Kier alpha value is -1.90. The molecule has 0 spiro atoms. The maximum absolute atomic E-state index is 12.1. The average Bonchev–Trinajstić information content (AvgIpc) is 2.49. The largest absolute Gasteiger partial charge is 0.468 e. The zero-order valence-electron chi connectivity index (χ0n) is 11.9. The molecule has 1 aliphatic rings. The van der Waals surface area contributed by atoms with E-state index in [1.165, 1.54) is 7.11 Å². The molecule has 1 fully saturated rings. The summed E-state index contributed by atoms with van der Waals surface area (Å²) in [7, 11) is 3.47. The summed E-state index contributed by atoms with van der Waals surface area (Å²) in [6, 6.07) is 8.86. The molecule has 106 valence electrons. The fourth-order valence-corrected chi connectivity index (χ4v) is 2.47. The SMILES string of the molecule is COC(=O)C(c1cccc(C#N)c1)N1CCN(C)CC1. The predicted octanol–water partition coefficient (Wildman–Crippen LogP) is 1.02. The summed E-state index contributed by atoms with van der Waals surface area (Å²) < 4.78 is 4.94. The Morgan fingerprint density at radius 2 is 2.05 bits per heavy atom. The van der Waals surface area contributed by atoms with Crippen molar-refractivity contribution in [3.8, 4) is 6.07 Å². The van der Waals surface area contributed by atoms with E-state index in [0.29, 0.717) is 5.56 Å². The third-order valence-electron chi connectivity index (χ3n) is 3.66. The van der Waals surface area contributed by atoms with Gasteiger partial charge in [-0.15, -0.1) is 0 Å². The quantitative estimate of drug-likeness (QED) is 0.770. The van der Waals surface area contributed by atoms with Gasteiger partial charge in [0.15, 0.2) is 0 Å². The van der Waals surface area contributed by atoms with Crippen LogP contribution in [0.5, 0.6) is 0 Å². The summed E-state index contributed by atoms with van der Waals surface area (Å²) in [6.07, 6.45) is 0. The first kappa shape index (κ1) is 14.5. The number of hydrogen-bond donors (Lipinski definition) is 0. The van der Waals surface area contributed by atoms with Crippen LogP contribution < -0.4 is 0 Å². The normalized spacial score (nSPS) is 18.2. The van der Waals surface area contributed by atoms with E-state index in [-0.39, 0.29) is 5.97 Å². The van der Waals surface area contributed by atoms with Gasteiger partial charge in [0.05, 0.1) is 18.7 Å². The fourth-order valence-electron chi connectivity index (χ4n) is 2.47. The average molecular weight is 273 g/mol. The smallest absolute Gasteiger partial charge is 0.327 e. The van der Waals surface area contributed by atoms with Gasteiger partial charge in [0.25, 0.3) is 0 Å². The molecule has 20 heavy (non-hydrogen) atoms. The highest BCUT2D eigenvalue weighted by molar-refractivity contribution is 5.77. The molecule has 1 heterocycles. The predicted molar refractivity (Wildman–Crippen MR) is 75.0 cm³/mol. The second-order valence-electron chi connectivity index (χ2n) is 5.00. The highest BCUT2D eigenvalue weighted by Gasteiger charge is 2.30. The molecule has 5 heteroatoms. The zero-order valence-corrected chi connectivity index (χ0v) is 11.9. The number of carbonyl (C=O) groups excluding carboxylic acids is 1. The summed E-state index contributed by atoms with van der Waals surface area (Å²) >= 11 is 0. The number of nitriles is 1. The first-order chi connectivity index (χ1) is 9.65. The van der Waals surface area contributed by atoms with Crippen LogP contribution in [0.15, 0.2) is 24.3 Å². The molecule has 0 saturated carbocycles. The molecule has 0 bridgehead atoms. The molecule has 1 aromatic carbocycles. The minimum absolute atomic E-state index is 0.273. The van der Waals surface area contributed by atoms with Crippen LogP contribution in [-0.4, -0.2) is 56.1 Å². The topological polar surface area (TPSA) is 56.6 Å². The second kappa shape index (κ2) is 6.51. The number of piperazine rings is 1. The van der Waals surface area contributed by atoms with Crippen LogP contribution in [0, 0.1) is 11.3 Å². The van der Waals surface area contributed by atoms with Gasteiger partial charge >= 0.3 is 5.97 Å². The van der Waals surface area contributed by atoms with Crippen molar-refractivity contribution in [2.75, 3.05) is 40.3 Å². The lowest BCUT2D eigenvalue weighted by atomic mass is 10.0. The molecular weight excluding hydrogens is 254 g/mol. The first-order valence-corrected chi connectivity index (χ1v) is 6.66. The molecule has 1 atom stereocenters. The molecule has 0 amide bonds. The molecule has 5 nitrogen and oxygen atoms in total. The van der Waals surface area contributed by atoms with Crippen LogP contribution in [-0.2, 0) is 9.53 Å². The number of hydrogen-bond acceptors (Lipinski definition) is 5. The Labute approximate surface area is 119 Å². The number of esters is 1. The van der Waals surface area contributed by atoms with Crippen LogP contribution in [0.1, 0.15) is 17.2 Å². The van der Waals surface area contributed by atoms with Gasteiger partial charge in [-0.2, -0.15) is 5.26 Å². The molecule has 0 N–H and O–H groups in total. The summed E-state index contributed by atoms with van der Waals surface area (Å²) in [4.78, 5) is 16.5. The highest BCUT2D eigenvalue weighted by atomic mass is 16.5. The van der Waals surface area contributed by atoms with E-state index in [0.717, 1.165) is 31.7 Å². The maximum Gasteiger partial charge on any atom is 0.327 e. The minimum atomic E-state index is -0.429. The third kappa shape index (κ3) is 3.16.